The molecule has 7 nitrogen and oxygen atoms in total. The second kappa shape index (κ2) is 24.4. The van der Waals surface area contributed by atoms with Crippen molar-refractivity contribution in [1.29, 1.82) is 0 Å². The molecule has 3 N–H and O–H groups in total. The van der Waals surface area contributed by atoms with Gasteiger partial charge in [-0.1, -0.05) is 127 Å². The highest BCUT2D eigenvalue weighted by Crippen LogP contribution is 2.53. The first-order valence-corrected chi connectivity index (χ1v) is 20.7. The van der Waals surface area contributed by atoms with Crippen molar-refractivity contribution in [1.82, 2.24) is 0 Å². The molecule has 1 aromatic carbocycles. The molecule has 2 aliphatic rings. The molecule has 1 unspecified atom stereocenters. The molecule has 53 heavy (non-hydrogen) atoms. The molecular weight excluding hydrogens is 664 g/mol. The van der Waals surface area contributed by atoms with Gasteiger partial charge in [0.2, 0.25) is 11.2 Å². The predicted octanol–water partition coefficient (Wildman–Crippen LogP) is 12.0. The summed E-state index contributed by atoms with van der Waals surface area (Å²) < 4.78 is 5.41. The van der Waals surface area contributed by atoms with Gasteiger partial charge in [0.05, 0.1) is 0 Å². The molecule has 0 saturated carbocycles. The van der Waals surface area contributed by atoms with Gasteiger partial charge in [0, 0.05) is 22.8 Å². The number of carbonyl (C=O) groups excluding carboxylic acids is 3. The minimum absolute atomic E-state index is 0.0288. The molecule has 1 spiro atoms. The van der Waals surface area contributed by atoms with Crippen LogP contribution in [0.15, 0.2) is 66.0 Å². The second-order valence-corrected chi connectivity index (χ2v) is 14.7. The Balaban J connectivity index is 1.47. The summed E-state index contributed by atoms with van der Waals surface area (Å²) in [6.45, 7) is 4.43. The first-order valence-electron chi connectivity index (χ1n) is 20.7. The van der Waals surface area contributed by atoms with Crippen molar-refractivity contribution in [2.24, 2.45) is 0 Å². The number of aliphatic hydroxyl groups excluding tert-OH is 1. The number of rotatable bonds is 28. The Labute approximate surface area is 319 Å². The minimum atomic E-state index is -2.37. The largest absolute Gasteiger partial charge is 0.504 e. The molecule has 3 rings (SSSR count). The Bertz CT molecular complexity index is 1480. The van der Waals surface area contributed by atoms with Crippen LogP contribution in [0.25, 0.3) is 0 Å². The van der Waals surface area contributed by atoms with E-state index in [0.717, 1.165) is 96.0 Å². The number of hydrogen-bond donors (Lipinski definition) is 3. The highest BCUT2D eigenvalue weighted by molar-refractivity contribution is 6.42. The molecule has 0 amide bonds. The third kappa shape index (κ3) is 12.6. The maximum Gasteiger partial charge on any atom is 0.338 e. The number of unbranched alkanes of at least 4 members (excludes halogenated alkanes) is 16. The quantitative estimate of drug-likeness (QED) is 0.0196. The van der Waals surface area contributed by atoms with Crippen molar-refractivity contribution in [3.63, 3.8) is 0 Å². The first kappa shape index (κ1) is 43.5. The number of phenolic OH excluding ortho intramolecular Hbond substituents is 2. The van der Waals surface area contributed by atoms with Gasteiger partial charge in [-0.15, -0.1) is 0 Å². The highest BCUT2D eigenvalue weighted by atomic mass is 16.5. The zero-order valence-electron chi connectivity index (χ0n) is 32.6. The minimum Gasteiger partial charge on any atom is -0.504 e. The third-order valence-corrected chi connectivity index (χ3v) is 10.4. The van der Waals surface area contributed by atoms with E-state index >= 15 is 0 Å². The molecule has 0 saturated heterocycles. The number of allylic oxidation sites excluding steroid dienone is 10. The van der Waals surface area contributed by atoms with Crippen LogP contribution in [0.5, 0.6) is 17.2 Å². The fourth-order valence-corrected chi connectivity index (χ4v) is 7.32. The van der Waals surface area contributed by atoms with Gasteiger partial charge in [0.25, 0.3) is 0 Å². The molecule has 292 valence electrons. The van der Waals surface area contributed by atoms with Crippen molar-refractivity contribution in [3.8, 4) is 17.2 Å². The van der Waals surface area contributed by atoms with Crippen LogP contribution in [0.2, 0.25) is 0 Å². The SMILES string of the molecule is CCCCC/C=C\C/C=C\CCCCCCCC1=C(O)C(=O)C2(C(=O)Oc3cc(O)c(O)c(CCCCCCC/C=C\C/C=C\CCCCC)c32)C1=O. The van der Waals surface area contributed by atoms with Gasteiger partial charge < -0.3 is 20.1 Å². The zero-order valence-corrected chi connectivity index (χ0v) is 32.6. The summed E-state index contributed by atoms with van der Waals surface area (Å²) in [4.78, 5) is 41.0. The van der Waals surface area contributed by atoms with Crippen LogP contribution in [-0.2, 0) is 26.2 Å². The van der Waals surface area contributed by atoms with Crippen LogP contribution in [0.1, 0.15) is 173 Å². The Morgan fingerprint density at radius 2 is 1.02 bits per heavy atom. The number of ether oxygens (including phenoxy) is 1. The number of benzene rings is 1. The van der Waals surface area contributed by atoms with E-state index in [1.165, 1.54) is 38.5 Å². The van der Waals surface area contributed by atoms with Crippen LogP contribution in [0.3, 0.4) is 0 Å². The van der Waals surface area contributed by atoms with E-state index < -0.39 is 40.2 Å². The summed E-state index contributed by atoms with van der Waals surface area (Å²) in [7, 11) is 0. The van der Waals surface area contributed by atoms with Gasteiger partial charge in [0.1, 0.15) is 5.75 Å². The molecule has 1 aliphatic heterocycles. The van der Waals surface area contributed by atoms with E-state index in [2.05, 4.69) is 62.5 Å². The zero-order chi connectivity index (χ0) is 38.3. The van der Waals surface area contributed by atoms with Gasteiger partial charge in [-0.2, -0.15) is 0 Å². The summed E-state index contributed by atoms with van der Waals surface area (Å²) in [5, 5.41) is 32.3. The fraction of sp³-hybridized carbons (Fsp3) is 0.587. The van der Waals surface area contributed by atoms with E-state index in [1.54, 1.807) is 0 Å². The Morgan fingerprint density at radius 1 is 0.566 bits per heavy atom. The third-order valence-electron chi connectivity index (χ3n) is 10.4. The number of fused-ring (bicyclic) bond motifs is 2. The monoisotopic (exact) mass is 730 g/mol. The van der Waals surface area contributed by atoms with Crippen LogP contribution < -0.4 is 4.74 Å². The summed E-state index contributed by atoms with van der Waals surface area (Å²) in [5.41, 5.74) is -2.30. The average molecular weight is 731 g/mol. The summed E-state index contributed by atoms with van der Waals surface area (Å²) in [6, 6.07) is 1.08. The van der Waals surface area contributed by atoms with Crippen LogP contribution >= 0.6 is 0 Å². The lowest BCUT2D eigenvalue weighted by Crippen LogP contribution is -2.46. The maximum absolute atomic E-state index is 14.0. The van der Waals surface area contributed by atoms with Gasteiger partial charge in [-0.25, -0.2) is 4.79 Å². The van der Waals surface area contributed by atoms with E-state index in [9.17, 15) is 29.7 Å². The Kier molecular flexibility index (Phi) is 20.1. The fourth-order valence-electron chi connectivity index (χ4n) is 7.32. The number of carbonyl (C=O) groups is 3. The number of esters is 1. The van der Waals surface area contributed by atoms with Crippen LogP contribution in [0, 0.1) is 0 Å². The summed E-state index contributed by atoms with van der Waals surface area (Å²) in [5.74, 6) is -4.62. The normalized spacial score (nSPS) is 17.4. The Morgan fingerprint density at radius 3 is 1.53 bits per heavy atom. The number of aromatic hydroxyl groups is 2. The molecule has 0 bridgehead atoms. The number of aliphatic hydroxyl groups is 1. The number of phenols is 2. The standard InChI is InChI=1S/C46H66O7/c1-3-5-7-9-11-13-15-17-19-21-23-25-27-29-31-33-36-40-39(35-38(47)41(36)48)53-45(52)46(40)43(50)37(42(49)44(46)51)34-32-30-28-26-24-22-20-18-16-14-12-10-8-6-4-2/h11-14,17-20,35,47-49H,3-10,15-16,21-34H2,1-2H3/b13-11-,14-12-,19-17-,20-18-. The smallest absolute Gasteiger partial charge is 0.338 e. The first-order chi connectivity index (χ1) is 25.8. The lowest BCUT2D eigenvalue weighted by atomic mass is 9.73. The van der Waals surface area contributed by atoms with E-state index in [0.29, 0.717) is 12.8 Å². The average Bonchev–Trinajstić information content (AvgIpc) is 3.54. The van der Waals surface area contributed by atoms with Crippen LogP contribution in [0.4, 0.5) is 0 Å². The molecule has 0 radical (unpaired) electrons. The highest BCUT2D eigenvalue weighted by Gasteiger charge is 2.67. The molecule has 1 aromatic rings. The molecule has 1 atom stereocenters. The van der Waals surface area contributed by atoms with E-state index in [4.69, 9.17) is 4.74 Å². The van der Waals surface area contributed by atoms with E-state index in [1.807, 2.05) is 0 Å². The maximum atomic E-state index is 14.0. The molecule has 7 heteroatoms. The molecular formula is C46H66O7. The van der Waals surface area contributed by atoms with Crippen molar-refractivity contribution in [2.45, 2.75) is 173 Å². The van der Waals surface area contributed by atoms with Gasteiger partial charge in [0.15, 0.2) is 23.0 Å². The second-order valence-electron chi connectivity index (χ2n) is 14.7. The summed E-state index contributed by atoms with van der Waals surface area (Å²) in [6.07, 6.45) is 41.1. The predicted molar refractivity (Wildman–Crippen MR) is 215 cm³/mol. The number of Topliss-reactive ketones (excluding diaryl/α,β-unsaturated/α-hetero) is 2. The topological polar surface area (TPSA) is 121 Å². The number of ketones is 2. The van der Waals surface area contributed by atoms with Gasteiger partial charge in [-0.05, 0) is 89.9 Å². The van der Waals surface area contributed by atoms with Gasteiger partial charge in [-0.3, -0.25) is 9.59 Å². The lowest BCUT2D eigenvalue weighted by molar-refractivity contribution is -0.146. The summed E-state index contributed by atoms with van der Waals surface area (Å²) >= 11 is 0. The number of hydrogen-bond acceptors (Lipinski definition) is 7. The van der Waals surface area contributed by atoms with Crippen LogP contribution in [-0.4, -0.2) is 32.9 Å². The van der Waals surface area contributed by atoms with Crippen molar-refractivity contribution >= 4 is 17.5 Å². The van der Waals surface area contributed by atoms with Crippen molar-refractivity contribution in [3.05, 3.63) is 77.1 Å². The van der Waals surface area contributed by atoms with Crippen molar-refractivity contribution < 1.29 is 34.4 Å². The van der Waals surface area contributed by atoms with E-state index in [-0.39, 0.29) is 35.3 Å². The Hall–Kier alpha value is -3.87. The molecule has 0 aromatic heterocycles. The molecule has 1 aliphatic carbocycles. The molecule has 1 heterocycles. The lowest BCUT2D eigenvalue weighted by Gasteiger charge is -2.20. The van der Waals surface area contributed by atoms with Crippen molar-refractivity contribution in [2.75, 3.05) is 0 Å². The molecule has 0 fully saturated rings. The van der Waals surface area contributed by atoms with Gasteiger partial charge >= 0.3 is 5.97 Å².